The molecule has 1 amide bonds. The van der Waals surface area contributed by atoms with Crippen molar-refractivity contribution in [2.75, 3.05) is 18.5 Å². The van der Waals surface area contributed by atoms with Gasteiger partial charge < -0.3 is 19.8 Å². The summed E-state index contributed by atoms with van der Waals surface area (Å²) >= 11 is 0. The van der Waals surface area contributed by atoms with E-state index in [4.69, 9.17) is 9.15 Å². The first-order chi connectivity index (χ1) is 17.6. The third-order valence-corrected chi connectivity index (χ3v) is 5.79. The van der Waals surface area contributed by atoms with Crippen LogP contribution in [0.1, 0.15) is 61.5 Å². The number of ether oxygens (including phenoxy) is 1. The van der Waals surface area contributed by atoms with E-state index in [1.807, 2.05) is 12.1 Å². The fraction of sp³-hybridized carbons (Fsp3) is 0.385. The molecule has 3 rings (SSSR count). The van der Waals surface area contributed by atoms with E-state index in [1.54, 1.807) is 43.3 Å². The molecule has 0 aliphatic rings. The van der Waals surface area contributed by atoms with Crippen molar-refractivity contribution in [2.24, 2.45) is 5.92 Å². The molecule has 37 heavy (non-hydrogen) atoms. The number of hydrogen-bond acceptors (Lipinski definition) is 7. The van der Waals surface area contributed by atoms with Crippen LogP contribution >= 0.6 is 0 Å². The molecule has 2 atom stereocenters. The molecule has 2 aromatic carbocycles. The number of carbonyl (C=O) groups excluding carboxylic acids is 2. The fourth-order valence-electron chi connectivity index (χ4n) is 3.59. The van der Waals surface area contributed by atoms with Crippen LogP contribution in [-0.4, -0.2) is 35.2 Å². The first kappa shape index (κ1) is 27.7. The zero-order valence-corrected chi connectivity index (χ0v) is 20.8. The van der Waals surface area contributed by atoms with Gasteiger partial charge in [-0.05, 0) is 54.8 Å². The largest absolute Gasteiger partial charge is 0.470 e. The Morgan fingerprint density at radius 2 is 1.70 bits per heavy atom. The summed E-state index contributed by atoms with van der Waals surface area (Å²) in [6, 6.07) is 13.8. The van der Waals surface area contributed by atoms with Crippen LogP contribution in [0, 0.1) is 5.92 Å². The van der Waals surface area contributed by atoms with Crippen molar-refractivity contribution in [3.05, 3.63) is 65.5 Å². The topological polar surface area (TPSA) is 106 Å². The highest BCUT2D eigenvalue weighted by Gasteiger charge is 2.38. The Labute approximate surface area is 212 Å². The van der Waals surface area contributed by atoms with Crippen molar-refractivity contribution in [1.29, 1.82) is 0 Å². The molecular formula is C26H29F3N4O4. The van der Waals surface area contributed by atoms with Crippen molar-refractivity contribution in [3.63, 3.8) is 0 Å². The van der Waals surface area contributed by atoms with Gasteiger partial charge in [-0.15, -0.1) is 10.2 Å². The number of hydrogen-bond donors (Lipinski definition) is 2. The average molecular weight is 519 g/mol. The lowest BCUT2D eigenvalue weighted by Gasteiger charge is -2.26. The minimum atomic E-state index is -4.70. The number of halogens is 3. The van der Waals surface area contributed by atoms with Gasteiger partial charge in [0.1, 0.15) is 0 Å². The molecule has 8 nitrogen and oxygen atoms in total. The normalized spacial score (nSPS) is 13.0. The maximum Gasteiger partial charge on any atom is 0.470 e. The molecule has 0 bridgehead atoms. The minimum Gasteiger partial charge on any atom is -0.466 e. The van der Waals surface area contributed by atoms with E-state index in [0.717, 1.165) is 17.7 Å². The van der Waals surface area contributed by atoms with Crippen LogP contribution in [0.3, 0.4) is 0 Å². The standard InChI is InChI=1S/C26H29F3N4O4/c1-4-16(3)22(17-6-8-19(9-7-17)24-32-33-25(37-24)26(27,28)29)31-20-12-10-18(11-13-20)23(35)30-15-14-21(34)36-5-2/h6-13,16,22,31H,4-5,14-15H2,1-3H3,(H,30,35)/t16?,22-/m1/s1. The number of nitrogens with zero attached hydrogens (tertiary/aromatic N) is 2. The van der Waals surface area contributed by atoms with E-state index >= 15 is 0 Å². The SMILES string of the molecule is CCOC(=O)CCNC(=O)c1ccc(N[C@@H](c2ccc(-c3nnc(C(F)(F)F)o3)cc2)C(C)CC)cc1. The Hall–Kier alpha value is -3.89. The predicted molar refractivity (Wildman–Crippen MR) is 131 cm³/mol. The Morgan fingerprint density at radius 3 is 2.27 bits per heavy atom. The Morgan fingerprint density at radius 1 is 1.03 bits per heavy atom. The number of esters is 1. The summed E-state index contributed by atoms with van der Waals surface area (Å²) in [5.41, 5.74) is 2.56. The monoisotopic (exact) mass is 518 g/mol. The van der Waals surface area contributed by atoms with Crippen LogP contribution in [-0.2, 0) is 15.7 Å². The minimum absolute atomic E-state index is 0.100. The molecule has 0 fully saturated rings. The molecule has 1 aromatic heterocycles. The molecule has 2 N–H and O–H groups in total. The van der Waals surface area contributed by atoms with E-state index in [1.165, 1.54) is 0 Å². The molecule has 1 unspecified atom stereocenters. The summed E-state index contributed by atoms with van der Waals surface area (Å²) < 4.78 is 47.9. The molecule has 198 valence electrons. The van der Waals surface area contributed by atoms with Gasteiger partial charge in [-0.2, -0.15) is 13.2 Å². The van der Waals surface area contributed by atoms with E-state index in [-0.39, 0.29) is 42.7 Å². The second-order valence-corrected chi connectivity index (χ2v) is 8.43. The number of alkyl halides is 3. The maximum absolute atomic E-state index is 12.8. The van der Waals surface area contributed by atoms with Gasteiger partial charge in [-0.3, -0.25) is 9.59 Å². The molecule has 1 heterocycles. The Balaban J connectivity index is 1.67. The fourth-order valence-corrected chi connectivity index (χ4v) is 3.59. The van der Waals surface area contributed by atoms with Crippen molar-refractivity contribution >= 4 is 17.6 Å². The van der Waals surface area contributed by atoms with Gasteiger partial charge in [0.15, 0.2) is 0 Å². The van der Waals surface area contributed by atoms with Crippen molar-refractivity contribution < 1.29 is 31.9 Å². The van der Waals surface area contributed by atoms with Crippen molar-refractivity contribution in [1.82, 2.24) is 15.5 Å². The van der Waals surface area contributed by atoms with Gasteiger partial charge in [0.05, 0.1) is 19.1 Å². The lowest BCUT2D eigenvalue weighted by atomic mass is 9.91. The average Bonchev–Trinajstić information content (AvgIpc) is 3.39. The zero-order chi connectivity index (χ0) is 27.0. The molecule has 11 heteroatoms. The van der Waals surface area contributed by atoms with Gasteiger partial charge >= 0.3 is 18.0 Å². The van der Waals surface area contributed by atoms with Gasteiger partial charge in [0.2, 0.25) is 5.89 Å². The van der Waals surface area contributed by atoms with E-state index < -0.39 is 12.1 Å². The van der Waals surface area contributed by atoms with Gasteiger partial charge in [0, 0.05) is 23.4 Å². The summed E-state index contributed by atoms with van der Waals surface area (Å²) in [5, 5.41) is 12.7. The molecular weight excluding hydrogens is 489 g/mol. The summed E-state index contributed by atoms with van der Waals surface area (Å²) in [6.07, 6.45) is -3.72. The van der Waals surface area contributed by atoms with Crippen LogP contribution < -0.4 is 10.6 Å². The van der Waals surface area contributed by atoms with Crippen LogP contribution in [0.5, 0.6) is 0 Å². The highest BCUT2D eigenvalue weighted by Crippen LogP contribution is 2.32. The molecule has 0 aliphatic heterocycles. The van der Waals surface area contributed by atoms with Crippen LogP contribution in [0.4, 0.5) is 18.9 Å². The van der Waals surface area contributed by atoms with Crippen LogP contribution in [0.15, 0.2) is 52.9 Å². The first-order valence-corrected chi connectivity index (χ1v) is 11.9. The Kier molecular flexibility index (Phi) is 9.26. The highest BCUT2D eigenvalue weighted by molar-refractivity contribution is 5.94. The Bertz CT molecular complexity index is 1180. The molecule has 0 spiro atoms. The molecule has 0 saturated heterocycles. The number of rotatable bonds is 11. The second kappa shape index (κ2) is 12.4. The number of amides is 1. The number of nitrogens with one attached hydrogen (secondary N) is 2. The van der Waals surface area contributed by atoms with Gasteiger partial charge in [0.25, 0.3) is 5.91 Å². The summed E-state index contributed by atoms with van der Waals surface area (Å²) in [7, 11) is 0. The van der Waals surface area contributed by atoms with Crippen LogP contribution in [0.25, 0.3) is 11.5 Å². The van der Waals surface area contributed by atoms with Crippen molar-refractivity contribution in [2.45, 2.75) is 45.8 Å². The lowest BCUT2D eigenvalue weighted by molar-refractivity contribution is -0.157. The quantitative estimate of drug-likeness (QED) is 0.317. The summed E-state index contributed by atoms with van der Waals surface area (Å²) in [4.78, 5) is 23.7. The van der Waals surface area contributed by atoms with Gasteiger partial charge in [-0.25, -0.2) is 0 Å². The molecule has 0 aliphatic carbocycles. The number of anilines is 1. The number of carbonyl (C=O) groups is 2. The van der Waals surface area contributed by atoms with Gasteiger partial charge in [-0.1, -0.05) is 32.4 Å². The number of benzene rings is 2. The first-order valence-electron chi connectivity index (χ1n) is 11.9. The summed E-state index contributed by atoms with van der Waals surface area (Å²) in [6.45, 7) is 6.35. The van der Waals surface area contributed by atoms with Crippen molar-refractivity contribution in [3.8, 4) is 11.5 Å². The molecule has 3 aromatic rings. The number of aromatic nitrogens is 2. The smallest absolute Gasteiger partial charge is 0.466 e. The van der Waals surface area contributed by atoms with E-state index in [2.05, 4.69) is 34.7 Å². The maximum atomic E-state index is 12.8. The third-order valence-electron chi connectivity index (χ3n) is 5.79. The summed E-state index contributed by atoms with van der Waals surface area (Å²) in [5.74, 6) is -2.03. The molecule has 0 radical (unpaired) electrons. The van der Waals surface area contributed by atoms with Crippen LogP contribution in [0.2, 0.25) is 0 Å². The third kappa shape index (κ3) is 7.55. The zero-order valence-electron chi connectivity index (χ0n) is 20.8. The highest BCUT2D eigenvalue weighted by atomic mass is 19.4. The van der Waals surface area contributed by atoms with E-state index in [0.29, 0.717) is 17.7 Å². The van der Waals surface area contributed by atoms with E-state index in [9.17, 15) is 22.8 Å². The molecule has 0 saturated carbocycles. The predicted octanol–water partition coefficient (Wildman–Crippen LogP) is 5.64. The lowest BCUT2D eigenvalue weighted by Crippen LogP contribution is -2.26. The second-order valence-electron chi connectivity index (χ2n) is 8.43.